The third-order valence-electron chi connectivity index (χ3n) is 5.54. The van der Waals surface area contributed by atoms with Crippen LogP contribution < -0.4 is 4.90 Å². The van der Waals surface area contributed by atoms with Crippen molar-refractivity contribution in [1.29, 1.82) is 0 Å². The molecule has 2 aliphatic heterocycles. The van der Waals surface area contributed by atoms with Gasteiger partial charge in [0, 0.05) is 44.1 Å². The number of hydrogen-bond donors (Lipinski definition) is 0. The fraction of sp³-hybridized carbons (Fsp3) is 0.500. The molecule has 0 spiro atoms. The predicted molar refractivity (Wildman–Crippen MR) is 116 cm³/mol. The highest BCUT2D eigenvalue weighted by molar-refractivity contribution is 7.18. The van der Waals surface area contributed by atoms with Crippen molar-refractivity contribution in [1.82, 2.24) is 9.88 Å². The molecular weight excluding hydrogens is 402 g/mol. The van der Waals surface area contributed by atoms with Gasteiger partial charge in [-0.15, -0.1) is 11.3 Å². The van der Waals surface area contributed by atoms with E-state index in [9.17, 15) is 9.59 Å². The van der Waals surface area contributed by atoms with E-state index < -0.39 is 0 Å². The molecule has 30 heavy (non-hydrogen) atoms. The number of anilines is 1. The summed E-state index contributed by atoms with van der Waals surface area (Å²) in [4.78, 5) is 34.4. The second-order valence-corrected chi connectivity index (χ2v) is 8.54. The van der Waals surface area contributed by atoms with Crippen LogP contribution in [0.15, 0.2) is 30.6 Å². The molecule has 1 atom stereocenters. The molecule has 160 valence electrons. The zero-order valence-electron chi connectivity index (χ0n) is 17.2. The first-order chi connectivity index (χ1) is 14.7. The average Bonchev–Trinajstić information content (AvgIpc) is 3.25. The van der Waals surface area contributed by atoms with Crippen LogP contribution in [0.3, 0.4) is 0 Å². The monoisotopic (exact) mass is 429 g/mol. The molecule has 7 nitrogen and oxygen atoms in total. The van der Waals surface area contributed by atoms with E-state index in [2.05, 4.69) is 9.88 Å². The number of carbonyl (C=O) groups is 2. The summed E-state index contributed by atoms with van der Waals surface area (Å²) in [6, 6.07) is 5.93. The van der Waals surface area contributed by atoms with E-state index in [1.807, 2.05) is 25.1 Å². The number of rotatable bonds is 5. The standard InChI is InChI=1S/C22H27N3O4S/c1-2-29-22(27)17-4-3-9-25(15-17)20(26)19-14-18(16-5-7-23-8-6-16)21(30-19)24-10-12-28-13-11-24/h5-8,14,17H,2-4,9-13,15H2,1H3. The number of aromatic nitrogens is 1. The van der Waals surface area contributed by atoms with Crippen LogP contribution in [0, 0.1) is 5.92 Å². The number of carbonyl (C=O) groups excluding carboxylic acids is 2. The summed E-state index contributed by atoms with van der Waals surface area (Å²) in [6.07, 6.45) is 5.13. The number of pyridine rings is 1. The van der Waals surface area contributed by atoms with E-state index in [-0.39, 0.29) is 17.8 Å². The first-order valence-corrected chi connectivity index (χ1v) is 11.3. The van der Waals surface area contributed by atoms with Crippen LogP contribution in [0.5, 0.6) is 0 Å². The van der Waals surface area contributed by atoms with Gasteiger partial charge < -0.3 is 19.3 Å². The fourth-order valence-electron chi connectivity index (χ4n) is 4.00. The van der Waals surface area contributed by atoms with Crippen molar-refractivity contribution in [2.24, 2.45) is 5.92 Å². The molecule has 2 aromatic rings. The van der Waals surface area contributed by atoms with E-state index in [0.717, 1.165) is 42.1 Å². The Balaban J connectivity index is 1.59. The quantitative estimate of drug-likeness (QED) is 0.681. The maximum atomic E-state index is 13.3. The highest BCUT2D eigenvalue weighted by Crippen LogP contribution is 2.40. The van der Waals surface area contributed by atoms with E-state index in [0.29, 0.717) is 37.8 Å². The minimum Gasteiger partial charge on any atom is -0.466 e. The number of ether oxygens (including phenoxy) is 2. The number of piperidine rings is 1. The van der Waals surface area contributed by atoms with Crippen molar-refractivity contribution in [3.05, 3.63) is 35.5 Å². The number of thiophene rings is 1. The molecule has 1 unspecified atom stereocenters. The number of nitrogens with zero attached hydrogens (tertiary/aromatic N) is 3. The molecule has 2 saturated heterocycles. The number of esters is 1. The van der Waals surface area contributed by atoms with Crippen molar-refractivity contribution in [3.63, 3.8) is 0 Å². The Morgan fingerprint density at radius 2 is 2.00 bits per heavy atom. The maximum absolute atomic E-state index is 13.3. The van der Waals surface area contributed by atoms with Crippen LogP contribution in [-0.4, -0.2) is 67.8 Å². The first kappa shape index (κ1) is 20.8. The van der Waals surface area contributed by atoms with Crippen molar-refractivity contribution in [2.45, 2.75) is 19.8 Å². The molecule has 1 amide bonds. The molecule has 2 aliphatic rings. The van der Waals surface area contributed by atoms with Gasteiger partial charge >= 0.3 is 5.97 Å². The number of amides is 1. The number of morpholine rings is 1. The Hall–Kier alpha value is -2.45. The van der Waals surface area contributed by atoms with Gasteiger partial charge in [-0.25, -0.2) is 0 Å². The normalized spacial score (nSPS) is 19.6. The predicted octanol–water partition coefficient (Wildman–Crippen LogP) is 3.06. The summed E-state index contributed by atoms with van der Waals surface area (Å²) < 4.78 is 10.7. The second-order valence-electron chi connectivity index (χ2n) is 7.51. The van der Waals surface area contributed by atoms with Gasteiger partial charge in [-0.2, -0.15) is 0 Å². The molecule has 0 saturated carbocycles. The molecule has 2 fully saturated rings. The number of likely N-dealkylation sites (tertiary alicyclic amines) is 1. The average molecular weight is 430 g/mol. The zero-order valence-corrected chi connectivity index (χ0v) is 18.0. The van der Waals surface area contributed by atoms with Crippen molar-refractivity contribution in [2.75, 3.05) is 50.9 Å². The van der Waals surface area contributed by atoms with Gasteiger partial charge in [-0.1, -0.05) is 0 Å². The van der Waals surface area contributed by atoms with Crippen LogP contribution in [0.25, 0.3) is 11.1 Å². The Kier molecular flexibility index (Phi) is 6.64. The summed E-state index contributed by atoms with van der Waals surface area (Å²) in [6.45, 7) is 6.25. The molecule has 0 bridgehead atoms. The lowest BCUT2D eigenvalue weighted by Gasteiger charge is -2.31. The highest BCUT2D eigenvalue weighted by Gasteiger charge is 2.31. The SMILES string of the molecule is CCOC(=O)C1CCCN(C(=O)c2cc(-c3ccncc3)c(N3CCOCC3)s2)C1. The van der Waals surface area contributed by atoms with Crippen molar-refractivity contribution in [3.8, 4) is 11.1 Å². The van der Waals surface area contributed by atoms with Crippen LogP contribution in [0.1, 0.15) is 29.4 Å². The lowest BCUT2D eigenvalue weighted by atomic mass is 9.98. The molecule has 0 N–H and O–H groups in total. The number of hydrogen-bond acceptors (Lipinski definition) is 7. The third-order valence-corrected chi connectivity index (χ3v) is 6.73. The highest BCUT2D eigenvalue weighted by atomic mass is 32.1. The minimum absolute atomic E-state index is 0.0104. The fourth-order valence-corrected chi connectivity index (χ4v) is 5.20. The smallest absolute Gasteiger partial charge is 0.310 e. The van der Waals surface area contributed by atoms with Gasteiger partial charge in [-0.3, -0.25) is 14.6 Å². The third kappa shape index (κ3) is 4.49. The van der Waals surface area contributed by atoms with Crippen LogP contribution in [-0.2, 0) is 14.3 Å². The molecule has 4 heterocycles. The molecular formula is C22H27N3O4S. The van der Waals surface area contributed by atoms with E-state index in [4.69, 9.17) is 9.47 Å². The van der Waals surface area contributed by atoms with Gasteiger partial charge in [0.25, 0.3) is 5.91 Å². The Bertz CT molecular complexity index is 880. The first-order valence-electron chi connectivity index (χ1n) is 10.5. The summed E-state index contributed by atoms with van der Waals surface area (Å²) in [5.41, 5.74) is 2.09. The molecule has 2 aromatic heterocycles. The lowest BCUT2D eigenvalue weighted by Crippen LogP contribution is -2.42. The van der Waals surface area contributed by atoms with Crippen LogP contribution in [0.4, 0.5) is 5.00 Å². The summed E-state index contributed by atoms with van der Waals surface area (Å²) in [5, 5.41) is 1.09. The second kappa shape index (κ2) is 9.57. The van der Waals surface area contributed by atoms with E-state index in [1.165, 1.54) is 11.3 Å². The summed E-state index contributed by atoms with van der Waals surface area (Å²) in [5.74, 6) is -0.447. The van der Waals surface area contributed by atoms with E-state index in [1.54, 1.807) is 17.3 Å². The van der Waals surface area contributed by atoms with Gasteiger partial charge in [0.15, 0.2) is 0 Å². The van der Waals surface area contributed by atoms with Gasteiger partial charge in [0.05, 0.1) is 35.6 Å². The van der Waals surface area contributed by atoms with Crippen molar-refractivity contribution >= 4 is 28.2 Å². The van der Waals surface area contributed by atoms with Gasteiger partial charge in [-0.05, 0) is 43.5 Å². The van der Waals surface area contributed by atoms with Crippen LogP contribution >= 0.6 is 11.3 Å². The summed E-state index contributed by atoms with van der Waals surface area (Å²) >= 11 is 1.53. The van der Waals surface area contributed by atoms with E-state index >= 15 is 0 Å². The Morgan fingerprint density at radius 1 is 1.23 bits per heavy atom. The van der Waals surface area contributed by atoms with Crippen molar-refractivity contribution < 1.29 is 19.1 Å². The molecule has 8 heteroatoms. The Morgan fingerprint density at radius 3 is 2.73 bits per heavy atom. The summed E-state index contributed by atoms with van der Waals surface area (Å²) in [7, 11) is 0. The molecule has 4 rings (SSSR count). The molecule has 0 radical (unpaired) electrons. The maximum Gasteiger partial charge on any atom is 0.310 e. The van der Waals surface area contributed by atoms with Crippen LogP contribution in [0.2, 0.25) is 0 Å². The van der Waals surface area contributed by atoms with Gasteiger partial charge in [0.1, 0.15) is 0 Å². The molecule has 0 aromatic carbocycles. The topological polar surface area (TPSA) is 72.0 Å². The zero-order chi connectivity index (χ0) is 20.9. The molecule has 0 aliphatic carbocycles. The van der Waals surface area contributed by atoms with Gasteiger partial charge in [0.2, 0.25) is 0 Å². The minimum atomic E-state index is -0.235. The lowest BCUT2D eigenvalue weighted by molar-refractivity contribution is -0.149. The largest absolute Gasteiger partial charge is 0.466 e. The Labute approximate surface area is 180 Å².